The molecule has 0 aromatic heterocycles. The van der Waals surface area contributed by atoms with Crippen molar-refractivity contribution in [3.8, 4) is 0 Å². The minimum atomic E-state index is -3.87. The van der Waals surface area contributed by atoms with Crippen LogP contribution in [0.2, 0.25) is 0 Å². The minimum absolute atomic E-state index is 0.119. The van der Waals surface area contributed by atoms with Crippen LogP contribution in [0.4, 0.5) is 4.39 Å². The Labute approximate surface area is 127 Å². The molecule has 2 rings (SSSR count). The summed E-state index contributed by atoms with van der Waals surface area (Å²) < 4.78 is 41.3. The molecule has 0 spiro atoms. The van der Waals surface area contributed by atoms with Crippen LogP contribution in [0.3, 0.4) is 0 Å². The average Bonchev–Trinajstić information content (AvgIpc) is 2.42. The van der Waals surface area contributed by atoms with E-state index in [-0.39, 0.29) is 21.3 Å². The molecular weight excluding hydrogens is 347 g/mol. The van der Waals surface area contributed by atoms with Crippen LogP contribution in [-0.4, -0.2) is 21.0 Å². The molecule has 0 amide bonds. The lowest BCUT2D eigenvalue weighted by Crippen LogP contribution is -2.44. The summed E-state index contributed by atoms with van der Waals surface area (Å²) in [6, 6.07) is 4.03. The fourth-order valence-corrected chi connectivity index (χ4v) is 4.54. The van der Waals surface area contributed by atoms with E-state index in [2.05, 4.69) is 20.7 Å². The molecule has 1 aliphatic carbocycles. The van der Waals surface area contributed by atoms with Crippen LogP contribution < -0.4 is 10.5 Å². The largest absolute Gasteiger partial charge is 0.330 e. The van der Waals surface area contributed by atoms with E-state index in [1.54, 1.807) is 0 Å². The number of benzene rings is 1. The van der Waals surface area contributed by atoms with Crippen molar-refractivity contribution in [2.75, 3.05) is 6.54 Å². The first-order valence-electron chi connectivity index (χ1n) is 6.62. The van der Waals surface area contributed by atoms with Gasteiger partial charge in [-0.05, 0) is 53.4 Å². The maximum Gasteiger partial charge on any atom is 0.243 e. The molecule has 1 aliphatic rings. The topological polar surface area (TPSA) is 72.2 Å². The van der Waals surface area contributed by atoms with Crippen molar-refractivity contribution in [2.45, 2.75) is 36.6 Å². The lowest BCUT2D eigenvalue weighted by Gasteiger charge is -2.31. The molecule has 1 fully saturated rings. The van der Waals surface area contributed by atoms with Crippen LogP contribution in [0.25, 0.3) is 0 Å². The van der Waals surface area contributed by atoms with E-state index in [1.807, 2.05) is 0 Å². The average molecular weight is 365 g/mol. The third kappa shape index (κ3) is 3.39. The number of sulfonamides is 1. The van der Waals surface area contributed by atoms with E-state index < -0.39 is 15.8 Å². The monoisotopic (exact) mass is 364 g/mol. The van der Waals surface area contributed by atoms with Crippen molar-refractivity contribution in [1.82, 2.24) is 4.72 Å². The van der Waals surface area contributed by atoms with Crippen molar-refractivity contribution in [3.63, 3.8) is 0 Å². The van der Waals surface area contributed by atoms with Crippen LogP contribution in [0.15, 0.2) is 27.6 Å². The van der Waals surface area contributed by atoms with Gasteiger partial charge in [-0.15, -0.1) is 0 Å². The van der Waals surface area contributed by atoms with E-state index in [4.69, 9.17) is 5.73 Å². The van der Waals surface area contributed by atoms with Crippen LogP contribution in [0, 0.1) is 11.7 Å². The number of hydrogen-bond donors (Lipinski definition) is 2. The van der Waals surface area contributed by atoms with Gasteiger partial charge in [0.25, 0.3) is 0 Å². The summed E-state index contributed by atoms with van der Waals surface area (Å²) >= 11 is 3.00. The first-order valence-corrected chi connectivity index (χ1v) is 8.89. The highest BCUT2D eigenvalue weighted by molar-refractivity contribution is 9.10. The molecule has 0 heterocycles. The predicted octanol–water partition coefficient (Wildman–Crippen LogP) is 2.38. The van der Waals surface area contributed by atoms with E-state index in [1.165, 1.54) is 18.2 Å². The molecule has 1 saturated carbocycles. The number of nitrogens with one attached hydrogen (secondary N) is 1. The number of nitrogens with two attached hydrogens (primary N) is 1. The van der Waals surface area contributed by atoms with Gasteiger partial charge in [0, 0.05) is 6.04 Å². The van der Waals surface area contributed by atoms with Gasteiger partial charge >= 0.3 is 0 Å². The summed E-state index contributed by atoms with van der Waals surface area (Å²) in [6.45, 7) is 0.439. The second kappa shape index (κ2) is 6.51. The molecule has 2 atom stereocenters. The third-order valence-corrected chi connectivity index (χ3v) is 5.84. The number of hydrogen-bond acceptors (Lipinski definition) is 3. The zero-order valence-electron chi connectivity index (χ0n) is 11.0. The standard InChI is InChI=1S/C13H18BrFN2O2S/c14-10-5-3-7-12(13(10)15)20(18,19)17-11-6-2-1-4-9(11)8-16/h3,5,7,9,11,17H,1-2,4,6,8,16H2. The molecule has 2 unspecified atom stereocenters. The molecule has 1 aromatic carbocycles. The van der Waals surface area contributed by atoms with E-state index in [9.17, 15) is 12.8 Å². The van der Waals surface area contributed by atoms with E-state index >= 15 is 0 Å². The zero-order valence-corrected chi connectivity index (χ0v) is 13.4. The highest BCUT2D eigenvalue weighted by atomic mass is 79.9. The van der Waals surface area contributed by atoms with Crippen molar-refractivity contribution in [3.05, 3.63) is 28.5 Å². The molecule has 7 heteroatoms. The summed E-state index contributed by atoms with van der Waals surface area (Å²) in [5, 5.41) is 0. The second-order valence-electron chi connectivity index (χ2n) is 5.06. The molecule has 4 nitrogen and oxygen atoms in total. The summed E-state index contributed by atoms with van der Waals surface area (Å²) in [5.41, 5.74) is 5.69. The van der Waals surface area contributed by atoms with Gasteiger partial charge in [0.2, 0.25) is 10.0 Å². The Kier molecular flexibility index (Phi) is 5.17. The highest BCUT2D eigenvalue weighted by Crippen LogP contribution is 2.27. The van der Waals surface area contributed by atoms with Crippen molar-refractivity contribution >= 4 is 26.0 Å². The van der Waals surface area contributed by atoms with Crippen molar-refractivity contribution in [2.24, 2.45) is 11.7 Å². The van der Waals surface area contributed by atoms with Gasteiger partial charge in [-0.1, -0.05) is 18.9 Å². The maximum absolute atomic E-state index is 13.9. The van der Waals surface area contributed by atoms with E-state index in [0.29, 0.717) is 6.54 Å². The lowest BCUT2D eigenvalue weighted by molar-refractivity contribution is 0.296. The van der Waals surface area contributed by atoms with Gasteiger partial charge in [-0.2, -0.15) is 0 Å². The van der Waals surface area contributed by atoms with Gasteiger partial charge in [0.05, 0.1) is 4.47 Å². The molecule has 0 radical (unpaired) electrons. The maximum atomic E-state index is 13.9. The first-order chi connectivity index (χ1) is 9.45. The van der Waals surface area contributed by atoms with E-state index in [0.717, 1.165) is 25.7 Å². The fraction of sp³-hybridized carbons (Fsp3) is 0.538. The minimum Gasteiger partial charge on any atom is -0.330 e. The van der Waals surface area contributed by atoms with Gasteiger partial charge in [-0.3, -0.25) is 0 Å². The Morgan fingerprint density at radius 2 is 2.05 bits per heavy atom. The van der Waals surface area contributed by atoms with Crippen LogP contribution in [0.5, 0.6) is 0 Å². The molecule has 0 aliphatic heterocycles. The lowest BCUT2D eigenvalue weighted by atomic mass is 9.85. The zero-order chi connectivity index (χ0) is 14.8. The van der Waals surface area contributed by atoms with Gasteiger partial charge in [0.15, 0.2) is 5.82 Å². The Morgan fingerprint density at radius 1 is 1.35 bits per heavy atom. The van der Waals surface area contributed by atoms with Crippen LogP contribution in [-0.2, 0) is 10.0 Å². The molecule has 3 N–H and O–H groups in total. The Morgan fingerprint density at radius 3 is 2.75 bits per heavy atom. The Hall–Kier alpha value is -0.500. The SMILES string of the molecule is NCC1CCCCC1NS(=O)(=O)c1cccc(Br)c1F. The summed E-state index contributed by atoms with van der Waals surface area (Å²) in [4.78, 5) is -0.326. The summed E-state index contributed by atoms with van der Waals surface area (Å²) in [7, 11) is -3.87. The second-order valence-corrected chi connectivity index (χ2v) is 7.60. The van der Waals surface area contributed by atoms with Crippen LogP contribution in [0.1, 0.15) is 25.7 Å². The van der Waals surface area contributed by atoms with Gasteiger partial charge in [-0.25, -0.2) is 17.5 Å². The number of rotatable bonds is 4. The predicted molar refractivity (Wildman–Crippen MR) is 79.2 cm³/mol. The Bertz CT molecular complexity index is 580. The molecule has 0 saturated heterocycles. The van der Waals surface area contributed by atoms with Gasteiger partial charge < -0.3 is 5.73 Å². The summed E-state index contributed by atoms with van der Waals surface area (Å²) in [5.74, 6) is -0.645. The number of halogens is 2. The van der Waals surface area contributed by atoms with Gasteiger partial charge in [0.1, 0.15) is 4.90 Å². The fourth-order valence-electron chi connectivity index (χ4n) is 2.60. The summed E-state index contributed by atoms with van der Waals surface area (Å²) in [6.07, 6.45) is 3.68. The normalized spacial score (nSPS) is 23.8. The van der Waals surface area contributed by atoms with Crippen molar-refractivity contribution < 1.29 is 12.8 Å². The molecule has 1 aromatic rings. The van der Waals surface area contributed by atoms with Crippen molar-refractivity contribution in [1.29, 1.82) is 0 Å². The first kappa shape index (κ1) is 15.9. The third-order valence-electron chi connectivity index (χ3n) is 3.72. The van der Waals surface area contributed by atoms with Crippen LogP contribution >= 0.6 is 15.9 Å². The molecule has 20 heavy (non-hydrogen) atoms. The quantitative estimate of drug-likeness (QED) is 0.861. The molecule has 0 bridgehead atoms. The highest BCUT2D eigenvalue weighted by Gasteiger charge is 2.30. The Balaban J connectivity index is 2.24. The molecular formula is C13H18BrFN2O2S. The molecule has 112 valence electrons. The smallest absolute Gasteiger partial charge is 0.243 e.